The van der Waals surface area contributed by atoms with Crippen LogP contribution in [0.3, 0.4) is 0 Å². The molecule has 0 bridgehead atoms. The Hall–Kier alpha value is -2.10. The molecule has 0 aliphatic heterocycles. The average molecular weight is 242 g/mol. The van der Waals surface area contributed by atoms with Crippen molar-refractivity contribution in [2.75, 3.05) is 0 Å². The first-order valence-corrected chi connectivity index (χ1v) is 6.02. The highest BCUT2D eigenvalue weighted by atomic mass is 16.5. The molecule has 4 heteroatoms. The number of carbonyl (C=O) groups excluding carboxylic acids is 1. The van der Waals surface area contributed by atoms with Crippen LogP contribution in [0.2, 0.25) is 0 Å². The van der Waals surface area contributed by atoms with Crippen molar-refractivity contribution in [2.24, 2.45) is 7.05 Å². The molecule has 18 heavy (non-hydrogen) atoms. The van der Waals surface area contributed by atoms with Crippen LogP contribution in [0.15, 0.2) is 30.3 Å². The van der Waals surface area contributed by atoms with Crippen molar-refractivity contribution in [3.63, 3.8) is 0 Å². The lowest BCUT2D eigenvalue weighted by Gasteiger charge is -1.99. The number of hydrogen-bond acceptors (Lipinski definition) is 3. The molecular formula is C14H14N2O2. The first kappa shape index (κ1) is 11.0. The lowest BCUT2D eigenvalue weighted by Crippen LogP contribution is -1.95. The molecule has 0 unspecified atom stereocenters. The van der Waals surface area contributed by atoms with Crippen LogP contribution in [0.5, 0.6) is 5.75 Å². The summed E-state index contributed by atoms with van der Waals surface area (Å²) >= 11 is 0. The minimum Gasteiger partial charge on any atom is -0.429 e. The lowest BCUT2D eigenvalue weighted by molar-refractivity contribution is -0.120. The number of benzene rings is 1. The summed E-state index contributed by atoms with van der Waals surface area (Å²) in [6, 6.07) is 9.52. The maximum Gasteiger partial charge on any atom is 0.298 e. The molecule has 1 aliphatic carbocycles. The number of rotatable bonds is 4. The van der Waals surface area contributed by atoms with Crippen LogP contribution in [0.4, 0.5) is 0 Å². The van der Waals surface area contributed by atoms with Gasteiger partial charge in [0.2, 0.25) is 0 Å². The molecule has 0 saturated heterocycles. The molecule has 1 saturated carbocycles. The van der Waals surface area contributed by atoms with Gasteiger partial charge in [-0.25, -0.2) is 0 Å². The topological polar surface area (TPSA) is 44.1 Å². The van der Waals surface area contributed by atoms with E-state index in [1.807, 2.05) is 23.9 Å². The fourth-order valence-electron chi connectivity index (χ4n) is 2.14. The van der Waals surface area contributed by atoms with Gasteiger partial charge >= 0.3 is 0 Å². The number of ether oxygens (including phenoxy) is 1. The molecule has 1 aromatic carbocycles. The second-order valence-electron chi connectivity index (χ2n) is 4.59. The molecule has 1 aliphatic rings. The third-order valence-electron chi connectivity index (χ3n) is 3.25. The van der Waals surface area contributed by atoms with Crippen molar-refractivity contribution < 1.29 is 9.53 Å². The standard InChI is InChI=1S/C14H14N2O2/c1-16-14(11-2-3-11)8-13(15-16)10-4-6-12(7-5-10)18-9-17/h4-9,11H,2-3H2,1H3. The van der Waals surface area contributed by atoms with Crippen molar-refractivity contribution in [1.82, 2.24) is 9.78 Å². The van der Waals surface area contributed by atoms with E-state index in [1.54, 1.807) is 12.1 Å². The molecule has 0 amide bonds. The Kier molecular flexibility index (Phi) is 2.63. The number of nitrogens with zero attached hydrogens (tertiary/aromatic N) is 2. The van der Waals surface area contributed by atoms with Crippen LogP contribution < -0.4 is 4.74 Å². The number of aromatic nitrogens is 2. The first-order valence-electron chi connectivity index (χ1n) is 6.02. The van der Waals surface area contributed by atoms with Crippen LogP contribution >= 0.6 is 0 Å². The average Bonchev–Trinajstić information content (AvgIpc) is 3.14. The molecule has 3 rings (SSSR count). The largest absolute Gasteiger partial charge is 0.429 e. The second-order valence-corrected chi connectivity index (χ2v) is 4.59. The van der Waals surface area contributed by atoms with Crippen molar-refractivity contribution >= 4 is 6.47 Å². The van der Waals surface area contributed by atoms with E-state index >= 15 is 0 Å². The normalized spacial score (nSPS) is 14.5. The molecule has 2 aromatic rings. The molecule has 0 atom stereocenters. The van der Waals surface area contributed by atoms with Gasteiger partial charge in [-0.15, -0.1) is 0 Å². The van der Waals surface area contributed by atoms with Gasteiger partial charge in [-0.05, 0) is 43.2 Å². The fourth-order valence-corrected chi connectivity index (χ4v) is 2.14. The van der Waals surface area contributed by atoms with Gasteiger partial charge in [-0.1, -0.05) is 0 Å². The maximum absolute atomic E-state index is 10.2. The maximum atomic E-state index is 10.2. The minimum atomic E-state index is 0.432. The van der Waals surface area contributed by atoms with Crippen LogP contribution in [0.1, 0.15) is 24.5 Å². The Morgan fingerprint density at radius 3 is 2.67 bits per heavy atom. The summed E-state index contributed by atoms with van der Waals surface area (Å²) in [6.07, 6.45) is 2.54. The van der Waals surface area contributed by atoms with Gasteiger partial charge < -0.3 is 4.74 Å². The first-order chi connectivity index (χ1) is 8.78. The van der Waals surface area contributed by atoms with E-state index in [9.17, 15) is 4.79 Å². The summed E-state index contributed by atoms with van der Waals surface area (Å²) in [5, 5.41) is 4.52. The molecule has 0 spiro atoms. The summed E-state index contributed by atoms with van der Waals surface area (Å²) < 4.78 is 6.73. The van der Waals surface area contributed by atoms with E-state index in [2.05, 4.69) is 11.2 Å². The SMILES string of the molecule is Cn1nc(-c2ccc(OC=O)cc2)cc1C1CC1. The Morgan fingerprint density at radius 2 is 2.06 bits per heavy atom. The predicted octanol–water partition coefficient (Wildman–Crippen LogP) is 2.50. The molecule has 0 N–H and O–H groups in total. The summed E-state index contributed by atoms with van der Waals surface area (Å²) in [5.41, 5.74) is 3.31. The Bertz CT molecular complexity index is 568. The summed E-state index contributed by atoms with van der Waals surface area (Å²) in [5.74, 6) is 1.24. The Balaban J connectivity index is 1.89. The van der Waals surface area contributed by atoms with E-state index in [0.717, 1.165) is 11.3 Å². The number of hydrogen-bond donors (Lipinski definition) is 0. The predicted molar refractivity (Wildman–Crippen MR) is 67.3 cm³/mol. The van der Waals surface area contributed by atoms with E-state index in [0.29, 0.717) is 18.1 Å². The Morgan fingerprint density at radius 1 is 1.33 bits per heavy atom. The van der Waals surface area contributed by atoms with Gasteiger partial charge in [0.1, 0.15) is 5.75 Å². The molecule has 4 nitrogen and oxygen atoms in total. The molecule has 1 aromatic heterocycles. The van der Waals surface area contributed by atoms with Gasteiger partial charge in [0.05, 0.1) is 5.69 Å². The van der Waals surface area contributed by atoms with Crippen LogP contribution in [0.25, 0.3) is 11.3 Å². The van der Waals surface area contributed by atoms with Gasteiger partial charge in [0, 0.05) is 24.2 Å². The Labute approximate surface area is 105 Å². The van der Waals surface area contributed by atoms with E-state index in [4.69, 9.17) is 4.74 Å². The van der Waals surface area contributed by atoms with E-state index in [-0.39, 0.29) is 0 Å². The summed E-state index contributed by atoms with van der Waals surface area (Å²) in [4.78, 5) is 10.2. The zero-order valence-electron chi connectivity index (χ0n) is 10.2. The second kappa shape index (κ2) is 4.29. The monoisotopic (exact) mass is 242 g/mol. The lowest BCUT2D eigenvalue weighted by atomic mass is 10.1. The van der Waals surface area contributed by atoms with Gasteiger partial charge in [-0.3, -0.25) is 9.48 Å². The summed E-state index contributed by atoms with van der Waals surface area (Å²) in [6.45, 7) is 0.432. The highest BCUT2D eigenvalue weighted by Gasteiger charge is 2.27. The molecule has 92 valence electrons. The van der Waals surface area contributed by atoms with Gasteiger partial charge in [0.15, 0.2) is 0 Å². The van der Waals surface area contributed by atoms with Crippen molar-refractivity contribution in [1.29, 1.82) is 0 Å². The van der Waals surface area contributed by atoms with Gasteiger partial charge in [0.25, 0.3) is 6.47 Å². The van der Waals surface area contributed by atoms with E-state index in [1.165, 1.54) is 18.5 Å². The van der Waals surface area contributed by atoms with Gasteiger partial charge in [-0.2, -0.15) is 5.10 Å². The number of carbonyl (C=O) groups is 1. The highest BCUT2D eigenvalue weighted by Crippen LogP contribution is 2.40. The third-order valence-corrected chi connectivity index (χ3v) is 3.25. The van der Waals surface area contributed by atoms with Crippen LogP contribution in [-0.2, 0) is 11.8 Å². The van der Waals surface area contributed by atoms with Crippen molar-refractivity contribution in [3.8, 4) is 17.0 Å². The zero-order chi connectivity index (χ0) is 12.5. The zero-order valence-corrected chi connectivity index (χ0v) is 10.2. The van der Waals surface area contributed by atoms with Crippen LogP contribution in [-0.4, -0.2) is 16.3 Å². The minimum absolute atomic E-state index is 0.432. The third kappa shape index (κ3) is 2.01. The molecule has 0 radical (unpaired) electrons. The van der Waals surface area contributed by atoms with Crippen molar-refractivity contribution in [2.45, 2.75) is 18.8 Å². The highest BCUT2D eigenvalue weighted by molar-refractivity contribution is 5.61. The van der Waals surface area contributed by atoms with E-state index < -0.39 is 0 Å². The fraction of sp³-hybridized carbons (Fsp3) is 0.286. The quantitative estimate of drug-likeness (QED) is 0.774. The molecule has 1 heterocycles. The smallest absolute Gasteiger partial charge is 0.298 e. The van der Waals surface area contributed by atoms with Crippen molar-refractivity contribution in [3.05, 3.63) is 36.0 Å². The molecular weight excluding hydrogens is 228 g/mol. The molecule has 1 fully saturated rings. The number of aryl methyl sites for hydroxylation is 1. The van der Waals surface area contributed by atoms with Crippen LogP contribution in [0, 0.1) is 0 Å². The summed E-state index contributed by atoms with van der Waals surface area (Å²) in [7, 11) is 1.99.